The minimum Gasteiger partial charge on any atom is -0.462 e. The van der Waals surface area contributed by atoms with Crippen molar-refractivity contribution in [1.82, 2.24) is 0 Å². The molecule has 0 saturated carbocycles. The summed E-state index contributed by atoms with van der Waals surface area (Å²) in [6, 6.07) is 0. The number of hydrogen-bond acceptors (Lipinski definition) is 6. The highest BCUT2D eigenvalue weighted by Gasteiger charge is 2.16. The average molecular weight is 591 g/mol. The minimum absolute atomic E-state index is 0.106. The maximum absolute atomic E-state index is 12.1. The van der Waals surface area contributed by atoms with Crippen LogP contribution in [-0.4, -0.2) is 47.6 Å². The second-order valence-corrected chi connectivity index (χ2v) is 11.3. The van der Waals surface area contributed by atoms with E-state index in [2.05, 4.69) is 63.3 Å². The van der Waals surface area contributed by atoms with Gasteiger partial charge < -0.3 is 19.7 Å². The van der Waals surface area contributed by atoms with E-state index in [1.54, 1.807) is 0 Å². The number of rotatable bonds is 28. The Hall–Kier alpha value is -2.18. The molecule has 0 aromatic rings. The largest absolute Gasteiger partial charge is 0.462 e. The zero-order chi connectivity index (χ0) is 31.1. The van der Waals surface area contributed by atoms with Crippen molar-refractivity contribution in [2.24, 2.45) is 5.92 Å². The van der Waals surface area contributed by atoms with Crippen molar-refractivity contribution in [3.8, 4) is 0 Å². The van der Waals surface area contributed by atoms with Crippen molar-refractivity contribution in [3.05, 3.63) is 48.6 Å². The van der Waals surface area contributed by atoms with Crippen LogP contribution in [0, 0.1) is 5.92 Å². The van der Waals surface area contributed by atoms with Gasteiger partial charge in [0.1, 0.15) is 6.61 Å². The van der Waals surface area contributed by atoms with Crippen LogP contribution in [0.25, 0.3) is 0 Å². The summed E-state index contributed by atoms with van der Waals surface area (Å²) in [5.41, 5.74) is 0. The average Bonchev–Trinajstić information content (AvgIpc) is 2.98. The highest BCUT2D eigenvalue weighted by molar-refractivity contribution is 5.70. The number of carbonyl (C=O) groups is 2. The molecule has 0 spiro atoms. The maximum atomic E-state index is 12.1. The summed E-state index contributed by atoms with van der Waals surface area (Å²) in [6.07, 6.45) is 32.4. The molecule has 0 amide bonds. The van der Waals surface area contributed by atoms with Gasteiger partial charge in [0.05, 0.1) is 12.7 Å². The summed E-state index contributed by atoms with van der Waals surface area (Å²) >= 11 is 0. The van der Waals surface area contributed by atoms with E-state index in [1.807, 2.05) is 6.08 Å². The van der Waals surface area contributed by atoms with E-state index in [4.69, 9.17) is 9.47 Å². The third-order valence-corrected chi connectivity index (χ3v) is 7.22. The molecule has 242 valence electrons. The first kappa shape index (κ1) is 39.8. The molecule has 6 heteroatoms. The number of esters is 2. The van der Waals surface area contributed by atoms with E-state index >= 15 is 0 Å². The fourth-order valence-electron chi connectivity index (χ4n) is 4.30. The van der Waals surface area contributed by atoms with E-state index < -0.39 is 6.10 Å². The van der Waals surface area contributed by atoms with Gasteiger partial charge in [-0.25, -0.2) is 0 Å². The molecular formula is C36H62O6. The van der Waals surface area contributed by atoms with Crippen molar-refractivity contribution in [2.45, 2.75) is 149 Å². The lowest BCUT2D eigenvalue weighted by Crippen LogP contribution is -2.28. The number of hydrogen-bond donors (Lipinski definition) is 2. The summed E-state index contributed by atoms with van der Waals surface area (Å²) in [7, 11) is 0. The van der Waals surface area contributed by atoms with E-state index in [-0.39, 0.29) is 31.3 Å². The van der Waals surface area contributed by atoms with Crippen LogP contribution >= 0.6 is 0 Å². The Kier molecular flexibility index (Phi) is 28.7. The van der Waals surface area contributed by atoms with Crippen molar-refractivity contribution in [3.63, 3.8) is 0 Å². The van der Waals surface area contributed by atoms with Crippen molar-refractivity contribution < 1.29 is 29.3 Å². The fourth-order valence-corrected chi connectivity index (χ4v) is 4.30. The highest BCUT2D eigenvalue weighted by atomic mass is 16.6. The maximum Gasteiger partial charge on any atom is 0.306 e. The van der Waals surface area contributed by atoms with Gasteiger partial charge in [0.2, 0.25) is 0 Å². The van der Waals surface area contributed by atoms with Gasteiger partial charge in [0.25, 0.3) is 0 Å². The lowest BCUT2D eigenvalue weighted by Gasteiger charge is -2.15. The second-order valence-electron chi connectivity index (χ2n) is 11.3. The predicted octanol–water partition coefficient (Wildman–Crippen LogP) is 8.72. The predicted molar refractivity (Wildman–Crippen MR) is 174 cm³/mol. The van der Waals surface area contributed by atoms with E-state index in [1.165, 1.54) is 32.1 Å². The van der Waals surface area contributed by atoms with Crippen molar-refractivity contribution >= 4 is 11.9 Å². The van der Waals surface area contributed by atoms with Crippen LogP contribution in [0.1, 0.15) is 136 Å². The van der Waals surface area contributed by atoms with Crippen LogP contribution in [0.5, 0.6) is 0 Å². The Morgan fingerprint density at radius 3 is 1.90 bits per heavy atom. The molecule has 0 fully saturated rings. The summed E-state index contributed by atoms with van der Waals surface area (Å²) in [5.74, 6) is 0.128. The van der Waals surface area contributed by atoms with Crippen LogP contribution in [0.2, 0.25) is 0 Å². The smallest absolute Gasteiger partial charge is 0.306 e. The molecule has 0 aliphatic heterocycles. The monoisotopic (exact) mass is 590 g/mol. The van der Waals surface area contributed by atoms with Crippen LogP contribution in [0.15, 0.2) is 48.6 Å². The zero-order valence-electron chi connectivity index (χ0n) is 27.0. The summed E-state index contributed by atoms with van der Waals surface area (Å²) in [5, 5.41) is 19.1. The van der Waals surface area contributed by atoms with Gasteiger partial charge in [-0.2, -0.15) is 0 Å². The van der Waals surface area contributed by atoms with Crippen LogP contribution in [-0.2, 0) is 19.1 Å². The second kappa shape index (κ2) is 30.3. The Labute approximate surface area is 257 Å². The third-order valence-electron chi connectivity index (χ3n) is 7.22. The SMILES string of the molecule is CCCC(O)C/C=C\C/C=C\C/C=C\C/C=C\CCCC(=O)OC[C@H](CO)OC(=O)CCCCCCCCC(C)CC. The van der Waals surface area contributed by atoms with Gasteiger partial charge in [0, 0.05) is 12.8 Å². The Morgan fingerprint density at radius 2 is 1.29 bits per heavy atom. The molecule has 0 heterocycles. The number of carbonyl (C=O) groups excluding carboxylic acids is 2. The highest BCUT2D eigenvalue weighted by Crippen LogP contribution is 2.15. The van der Waals surface area contributed by atoms with E-state index in [9.17, 15) is 19.8 Å². The molecule has 42 heavy (non-hydrogen) atoms. The van der Waals surface area contributed by atoms with Crippen molar-refractivity contribution in [1.29, 1.82) is 0 Å². The Balaban J connectivity index is 3.76. The normalized spacial score (nSPS) is 14.3. The molecule has 0 bridgehead atoms. The van der Waals surface area contributed by atoms with Gasteiger partial charge >= 0.3 is 11.9 Å². The lowest BCUT2D eigenvalue weighted by atomic mass is 10.00. The molecule has 0 radical (unpaired) electrons. The van der Waals surface area contributed by atoms with Crippen molar-refractivity contribution in [2.75, 3.05) is 13.2 Å². The van der Waals surface area contributed by atoms with Gasteiger partial charge in [-0.15, -0.1) is 0 Å². The van der Waals surface area contributed by atoms with Gasteiger partial charge in [-0.1, -0.05) is 121 Å². The summed E-state index contributed by atoms with van der Waals surface area (Å²) < 4.78 is 10.5. The van der Waals surface area contributed by atoms with Gasteiger partial charge in [0.15, 0.2) is 6.10 Å². The third kappa shape index (κ3) is 28.0. The lowest BCUT2D eigenvalue weighted by molar-refractivity contribution is -0.161. The Bertz CT molecular complexity index is 754. The molecule has 2 unspecified atom stereocenters. The molecule has 0 aromatic heterocycles. The van der Waals surface area contributed by atoms with Crippen LogP contribution in [0.4, 0.5) is 0 Å². The first-order chi connectivity index (χ1) is 20.4. The minimum atomic E-state index is -0.801. The molecule has 2 N–H and O–H groups in total. The van der Waals surface area contributed by atoms with Gasteiger partial charge in [-0.3, -0.25) is 9.59 Å². The number of aliphatic hydroxyl groups excluding tert-OH is 2. The molecule has 0 rings (SSSR count). The van der Waals surface area contributed by atoms with E-state index in [0.717, 1.165) is 70.1 Å². The number of allylic oxidation sites excluding steroid dienone is 7. The molecule has 6 nitrogen and oxygen atoms in total. The van der Waals surface area contributed by atoms with Crippen LogP contribution in [0.3, 0.4) is 0 Å². The number of ether oxygens (including phenoxy) is 2. The molecule has 0 aromatic carbocycles. The molecular weight excluding hydrogens is 528 g/mol. The quantitative estimate of drug-likeness (QED) is 0.0538. The standard InChI is InChI=1S/C36H62O6/c1-4-25-33(38)27-22-18-13-11-9-7-6-8-10-12-14-19-23-28-35(39)41-31-34(30-37)42-36(40)29-24-20-16-15-17-21-26-32(3)5-2/h6,8-9,11-12,14,18,22,32-34,37-38H,4-5,7,10,13,15-17,19-21,23-31H2,1-3H3/b8-6-,11-9-,14-12-,22-18-/t32?,33?,34-/m0/s1. The first-order valence-corrected chi connectivity index (χ1v) is 16.7. The summed E-state index contributed by atoms with van der Waals surface area (Å²) in [4.78, 5) is 24.1. The topological polar surface area (TPSA) is 93.1 Å². The van der Waals surface area contributed by atoms with Gasteiger partial charge in [-0.05, 0) is 57.3 Å². The fraction of sp³-hybridized carbons (Fsp3) is 0.722. The summed E-state index contributed by atoms with van der Waals surface area (Å²) in [6.45, 7) is 6.16. The molecule has 0 saturated heterocycles. The molecule has 0 aliphatic carbocycles. The Morgan fingerprint density at radius 1 is 0.714 bits per heavy atom. The first-order valence-electron chi connectivity index (χ1n) is 16.7. The molecule has 0 aliphatic rings. The zero-order valence-corrected chi connectivity index (χ0v) is 27.0. The number of aliphatic hydroxyl groups is 2. The number of unbranched alkanes of at least 4 members (excludes halogenated alkanes) is 6. The van der Waals surface area contributed by atoms with E-state index in [0.29, 0.717) is 19.3 Å². The van der Waals surface area contributed by atoms with Crippen LogP contribution < -0.4 is 0 Å². The molecule has 3 atom stereocenters.